The summed E-state index contributed by atoms with van der Waals surface area (Å²) in [7, 11) is 1.91. The van der Waals surface area contributed by atoms with Gasteiger partial charge in [-0.3, -0.25) is 0 Å². The van der Waals surface area contributed by atoms with E-state index in [1.54, 1.807) is 0 Å². The monoisotopic (exact) mass is 253 g/mol. The number of nitrogens with zero attached hydrogens (tertiary/aromatic N) is 2. The molecule has 0 aliphatic heterocycles. The second-order valence-electron chi connectivity index (χ2n) is 4.40. The van der Waals surface area contributed by atoms with Gasteiger partial charge < -0.3 is 9.84 Å². The lowest BCUT2D eigenvalue weighted by molar-refractivity contribution is 0.422. The van der Waals surface area contributed by atoms with Crippen LogP contribution in [0.4, 0.5) is 0 Å². The molecule has 3 aromatic rings. The van der Waals surface area contributed by atoms with Crippen molar-refractivity contribution in [3.63, 3.8) is 0 Å². The molecule has 4 nitrogen and oxygen atoms in total. The van der Waals surface area contributed by atoms with Crippen molar-refractivity contribution in [2.24, 2.45) is 0 Å². The number of aromatic nitrogens is 2. The van der Waals surface area contributed by atoms with Gasteiger partial charge in [0, 0.05) is 18.5 Å². The van der Waals surface area contributed by atoms with Crippen LogP contribution in [0.2, 0.25) is 0 Å². The molecule has 0 aliphatic rings. The molecule has 0 amide bonds. The zero-order chi connectivity index (χ0) is 13.1. The summed E-state index contributed by atoms with van der Waals surface area (Å²) < 4.78 is 5.37. The first kappa shape index (κ1) is 11.9. The SMILES string of the molecule is CNCCc1noc(-c2cccc3ccccc23)n1. The molecule has 0 saturated carbocycles. The van der Waals surface area contributed by atoms with Gasteiger partial charge in [0.05, 0.1) is 0 Å². The highest BCUT2D eigenvalue weighted by molar-refractivity contribution is 5.94. The Morgan fingerprint density at radius 3 is 2.84 bits per heavy atom. The molecule has 96 valence electrons. The molecule has 0 saturated heterocycles. The van der Waals surface area contributed by atoms with E-state index in [0.717, 1.165) is 29.7 Å². The molecule has 19 heavy (non-hydrogen) atoms. The molecule has 1 aromatic heterocycles. The van der Waals surface area contributed by atoms with E-state index < -0.39 is 0 Å². The maximum absolute atomic E-state index is 5.37. The zero-order valence-corrected chi connectivity index (χ0v) is 10.8. The summed E-state index contributed by atoms with van der Waals surface area (Å²) in [5.41, 5.74) is 0.987. The van der Waals surface area contributed by atoms with E-state index in [1.165, 1.54) is 5.39 Å². The molecule has 0 fully saturated rings. The Hall–Kier alpha value is -2.20. The Morgan fingerprint density at radius 1 is 1.11 bits per heavy atom. The summed E-state index contributed by atoms with van der Waals surface area (Å²) in [6.45, 7) is 0.842. The summed E-state index contributed by atoms with van der Waals surface area (Å²) >= 11 is 0. The number of hydrogen-bond donors (Lipinski definition) is 1. The lowest BCUT2D eigenvalue weighted by atomic mass is 10.0. The normalized spacial score (nSPS) is 11.0. The van der Waals surface area contributed by atoms with Crippen LogP contribution in [0.25, 0.3) is 22.2 Å². The standard InChI is InChI=1S/C15H15N3O/c1-16-10-9-14-17-15(19-18-14)13-8-4-6-11-5-2-3-7-12(11)13/h2-8,16H,9-10H2,1H3. The van der Waals surface area contributed by atoms with Crippen LogP contribution in [0.3, 0.4) is 0 Å². The number of fused-ring (bicyclic) bond motifs is 1. The van der Waals surface area contributed by atoms with Crippen LogP contribution in [0.5, 0.6) is 0 Å². The van der Waals surface area contributed by atoms with Crippen molar-refractivity contribution in [1.29, 1.82) is 0 Å². The number of likely N-dealkylation sites (N-methyl/N-ethyl adjacent to an activating group) is 1. The Balaban J connectivity index is 2.02. The topological polar surface area (TPSA) is 51.0 Å². The smallest absolute Gasteiger partial charge is 0.258 e. The van der Waals surface area contributed by atoms with Crippen molar-refractivity contribution in [3.05, 3.63) is 48.3 Å². The van der Waals surface area contributed by atoms with E-state index in [2.05, 4.69) is 33.7 Å². The van der Waals surface area contributed by atoms with Crippen molar-refractivity contribution >= 4 is 10.8 Å². The zero-order valence-electron chi connectivity index (χ0n) is 10.8. The third-order valence-corrected chi connectivity index (χ3v) is 3.09. The van der Waals surface area contributed by atoms with Gasteiger partial charge in [-0.15, -0.1) is 0 Å². The van der Waals surface area contributed by atoms with E-state index >= 15 is 0 Å². The third kappa shape index (κ3) is 2.35. The van der Waals surface area contributed by atoms with Crippen LogP contribution >= 0.6 is 0 Å². The molecule has 1 heterocycles. The summed E-state index contributed by atoms with van der Waals surface area (Å²) in [5, 5.41) is 9.39. The molecule has 0 bridgehead atoms. The first-order valence-electron chi connectivity index (χ1n) is 6.34. The van der Waals surface area contributed by atoms with Crippen molar-refractivity contribution in [2.75, 3.05) is 13.6 Å². The minimum atomic E-state index is 0.586. The van der Waals surface area contributed by atoms with Crippen LogP contribution in [-0.2, 0) is 6.42 Å². The van der Waals surface area contributed by atoms with E-state index in [9.17, 15) is 0 Å². The fourth-order valence-corrected chi connectivity index (χ4v) is 2.11. The number of rotatable bonds is 4. The average Bonchev–Trinajstić information content (AvgIpc) is 2.93. The van der Waals surface area contributed by atoms with Crippen LogP contribution < -0.4 is 5.32 Å². The van der Waals surface area contributed by atoms with E-state index in [-0.39, 0.29) is 0 Å². The number of hydrogen-bond acceptors (Lipinski definition) is 4. The van der Waals surface area contributed by atoms with E-state index in [1.807, 2.05) is 31.3 Å². The molecule has 0 aliphatic carbocycles. The average molecular weight is 253 g/mol. The van der Waals surface area contributed by atoms with E-state index in [4.69, 9.17) is 4.52 Å². The van der Waals surface area contributed by atoms with Crippen LogP contribution in [0.15, 0.2) is 47.0 Å². The summed E-state index contributed by atoms with van der Waals surface area (Å²) in [6.07, 6.45) is 0.769. The molecule has 0 atom stereocenters. The highest BCUT2D eigenvalue weighted by Crippen LogP contribution is 2.27. The molecular formula is C15H15N3O. The van der Waals surface area contributed by atoms with Crippen molar-refractivity contribution < 1.29 is 4.52 Å². The van der Waals surface area contributed by atoms with Gasteiger partial charge in [0.2, 0.25) is 0 Å². The lowest BCUT2D eigenvalue weighted by Gasteiger charge is -2.01. The van der Waals surface area contributed by atoms with Gasteiger partial charge in [-0.1, -0.05) is 41.6 Å². The van der Waals surface area contributed by atoms with Crippen LogP contribution in [0, 0.1) is 0 Å². The van der Waals surface area contributed by atoms with Crippen molar-refractivity contribution in [2.45, 2.75) is 6.42 Å². The third-order valence-electron chi connectivity index (χ3n) is 3.09. The fourth-order valence-electron chi connectivity index (χ4n) is 2.11. The van der Waals surface area contributed by atoms with Gasteiger partial charge in [-0.2, -0.15) is 4.98 Å². The summed E-state index contributed by atoms with van der Waals surface area (Å²) in [6, 6.07) is 14.3. The van der Waals surface area contributed by atoms with Crippen LogP contribution in [0.1, 0.15) is 5.82 Å². The van der Waals surface area contributed by atoms with Gasteiger partial charge in [0.1, 0.15) is 0 Å². The molecule has 4 heteroatoms. The first-order chi connectivity index (χ1) is 9.38. The largest absolute Gasteiger partial charge is 0.334 e. The molecule has 2 aromatic carbocycles. The molecule has 1 N–H and O–H groups in total. The minimum absolute atomic E-state index is 0.586. The fraction of sp³-hybridized carbons (Fsp3) is 0.200. The number of benzene rings is 2. The Labute approximate surface area is 111 Å². The van der Waals surface area contributed by atoms with Gasteiger partial charge >= 0.3 is 0 Å². The molecule has 3 rings (SSSR count). The maximum Gasteiger partial charge on any atom is 0.258 e. The second kappa shape index (κ2) is 5.20. The highest BCUT2D eigenvalue weighted by Gasteiger charge is 2.11. The maximum atomic E-state index is 5.37. The van der Waals surface area contributed by atoms with Gasteiger partial charge in [-0.05, 0) is 23.9 Å². The lowest BCUT2D eigenvalue weighted by Crippen LogP contribution is -2.10. The molecule has 0 spiro atoms. The van der Waals surface area contributed by atoms with Crippen molar-refractivity contribution in [3.8, 4) is 11.5 Å². The second-order valence-corrected chi connectivity index (χ2v) is 4.40. The molecular weight excluding hydrogens is 238 g/mol. The molecule has 0 unspecified atom stereocenters. The summed E-state index contributed by atoms with van der Waals surface area (Å²) in [4.78, 5) is 4.45. The summed E-state index contributed by atoms with van der Waals surface area (Å²) in [5.74, 6) is 1.32. The Morgan fingerprint density at radius 2 is 1.95 bits per heavy atom. The van der Waals surface area contributed by atoms with Gasteiger partial charge in [0.15, 0.2) is 5.82 Å². The van der Waals surface area contributed by atoms with Gasteiger partial charge in [0.25, 0.3) is 5.89 Å². The predicted molar refractivity (Wildman–Crippen MR) is 74.9 cm³/mol. The Kier molecular flexibility index (Phi) is 3.25. The first-order valence-corrected chi connectivity index (χ1v) is 6.34. The minimum Gasteiger partial charge on any atom is -0.334 e. The highest BCUT2D eigenvalue weighted by atomic mass is 16.5. The predicted octanol–water partition coefficient (Wildman–Crippen LogP) is 2.65. The molecule has 0 radical (unpaired) electrons. The number of nitrogens with one attached hydrogen (secondary N) is 1. The van der Waals surface area contributed by atoms with E-state index in [0.29, 0.717) is 5.89 Å². The quantitative estimate of drug-likeness (QED) is 0.776. The van der Waals surface area contributed by atoms with Crippen molar-refractivity contribution in [1.82, 2.24) is 15.5 Å². The Bertz CT molecular complexity index is 685. The van der Waals surface area contributed by atoms with Gasteiger partial charge in [-0.25, -0.2) is 0 Å². The van der Waals surface area contributed by atoms with Crippen LogP contribution in [-0.4, -0.2) is 23.7 Å².